The molecule has 1 fully saturated rings. The van der Waals surface area contributed by atoms with Crippen LogP contribution in [0.15, 0.2) is 24.3 Å². The smallest absolute Gasteiger partial charge is 0.269 e. The van der Waals surface area contributed by atoms with Crippen LogP contribution >= 0.6 is 0 Å². The Labute approximate surface area is 103 Å². The maximum absolute atomic E-state index is 12.7. The van der Waals surface area contributed by atoms with Crippen LogP contribution in [-0.2, 0) is 9.53 Å². The predicted molar refractivity (Wildman–Crippen MR) is 61.0 cm³/mol. The average Bonchev–Trinajstić information content (AvgIpc) is 2.90. The van der Waals surface area contributed by atoms with Crippen molar-refractivity contribution in [3.63, 3.8) is 0 Å². The molecular weight excluding hydrogens is 239 g/mol. The van der Waals surface area contributed by atoms with Gasteiger partial charge in [0.1, 0.15) is 11.9 Å². The number of halogens is 1. The number of rotatable bonds is 2. The summed E-state index contributed by atoms with van der Waals surface area (Å²) in [6.45, 7) is 0.560. The number of hydrogen-bond acceptors (Lipinski definition) is 3. The number of amides is 2. The maximum Gasteiger partial charge on any atom is 0.269 e. The minimum atomic E-state index is -0.501. The van der Waals surface area contributed by atoms with Crippen LogP contribution in [0.5, 0.6) is 0 Å². The molecular formula is C12H13FN2O3. The van der Waals surface area contributed by atoms with Crippen molar-refractivity contribution in [1.82, 2.24) is 10.9 Å². The molecule has 6 heteroatoms. The zero-order valence-corrected chi connectivity index (χ0v) is 9.61. The van der Waals surface area contributed by atoms with Crippen LogP contribution in [0.3, 0.4) is 0 Å². The first-order valence-corrected chi connectivity index (χ1v) is 5.64. The van der Waals surface area contributed by atoms with Gasteiger partial charge in [0.2, 0.25) is 0 Å². The molecule has 1 aromatic rings. The van der Waals surface area contributed by atoms with Gasteiger partial charge in [0.15, 0.2) is 0 Å². The molecule has 0 radical (unpaired) electrons. The first-order valence-electron chi connectivity index (χ1n) is 5.64. The van der Waals surface area contributed by atoms with Gasteiger partial charge in [-0.05, 0) is 37.1 Å². The van der Waals surface area contributed by atoms with E-state index >= 15 is 0 Å². The summed E-state index contributed by atoms with van der Waals surface area (Å²) in [6.07, 6.45) is 0.987. The van der Waals surface area contributed by atoms with Crippen molar-refractivity contribution in [2.45, 2.75) is 18.9 Å². The van der Waals surface area contributed by atoms with Gasteiger partial charge < -0.3 is 4.74 Å². The Morgan fingerprint density at radius 2 is 1.94 bits per heavy atom. The van der Waals surface area contributed by atoms with E-state index in [1.54, 1.807) is 0 Å². The lowest BCUT2D eigenvalue weighted by Crippen LogP contribution is -2.46. The summed E-state index contributed by atoms with van der Waals surface area (Å²) < 4.78 is 17.8. The van der Waals surface area contributed by atoms with E-state index in [0.29, 0.717) is 13.0 Å². The average molecular weight is 252 g/mol. The van der Waals surface area contributed by atoms with Crippen molar-refractivity contribution in [3.05, 3.63) is 35.6 Å². The Kier molecular flexibility index (Phi) is 3.88. The fourth-order valence-electron chi connectivity index (χ4n) is 1.66. The molecule has 1 heterocycles. The van der Waals surface area contributed by atoms with Crippen LogP contribution in [0.1, 0.15) is 23.2 Å². The van der Waals surface area contributed by atoms with Crippen LogP contribution in [0, 0.1) is 5.82 Å². The molecule has 1 aliphatic heterocycles. The Balaban J connectivity index is 1.84. The van der Waals surface area contributed by atoms with E-state index in [2.05, 4.69) is 10.9 Å². The van der Waals surface area contributed by atoms with Crippen molar-refractivity contribution >= 4 is 11.8 Å². The molecule has 5 nitrogen and oxygen atoms in total. The topological polar surface area (TPSA) is 67.4 Å². The zero-order chi connectivity index (χ0) is 13.0. The number of benzene rings is 1. The third-order valence-electron chi connectivity index (χ3n) is 2.63. The molecule has 1 atom stereocenters. The van der Waals surface area contributed by atoms with Gasteiger partial charge in [-0.3, -0.25) is 20.4 Å². The molecule has 0 unspecified atom stereocenters. The fourth-order valence-corrected chi connectivity index (χ4v) is 1.66. The first-order chi connectivity index (χ1) is 8.66. The standard InChI is InChI=1S/C12H13FN2O3/c13-9-5-3-8(4-6-9)11(16)14-15-12(17)10-2-1-7-18-10/h3-6,10H,1-2,7H2,(H,14,16)(H,15,17)/t10-/m0/s1. The summed E-state index contributed by atoms with van der Waals surface area (Å²) in [7, 11) is 0. The quantitative estimate of drug-likeness (QED) is 0.764. The highest BCUT2D eigenvalue weighted by atomic mass is 19.1. The molecule has 1 saturated heterocycles. The lowest BCUT2D eigenvalue weighted by molar-refractivity contribution is -0.130. The van der Waals surface area contributed by atoms with Crippen LogP contribution in [-0.4, -0.2) is 24.5 Å². The fraction of sp³-hybridized carbons (Fsp3) is 0.333. The first kappa shape index (κ1) is 12.5. The highest BCUT2D eigenvalue weighted by Gasteiger charge is 2.23. The van der Waals surface area contributed by atoms with E-state index in [1.807, 2.05) is 0 Å². The Hall–Kier alpha value is -1.95. The van der Waals surface area contributed by atoms with Gasteiger partial charge in [0.05, 0.1) is 0 Å². The van der Waals surface area contributed by atoms with E-state index in [0.717, 1.165) is 6.42 Å². The predicted octanol–water partition coefficient (Wildman–Crippen LogP) is 0.766. The van der Waals surface area contributed by atoms with Gasteiger partial charge in [0, 0.05) is 12.2 Å². The molecule has 2 rings (SSSR count). The monoisotopic (exact) mass is 252 g/mol. The normalized spacial score (nSPS) is 18.4. The number of hydrogen-bond donors (Lipinski definition) is 2. The van der Waals surface area contributed by atoms with Gasteiger partial charge in [-0.1, -0.05) is 0 Å². The zero-order valence-electron chi connectivity index (χ0n) is 9.61. The largest absolute Gasteiger partial charge is 0.368 e. The van der Waals surface area contributed by atoms with Gasteiger partial charge in [-0.15, -0.1) is 0 Å². The van der Waals surface area contributed by atoms with E-state index in [4.69, 9.17) is 4.74 Å². The van der Waals surface area contributed by atoms with E-state index in [1.165, 1.54) is 24.3 Å². The second kappa shape index (κ2) is 5.59. The molecule has 1 aromatic carbocycles. The summed E-state index contributed by atoms with van der Waals surface area (Å²) in [5, 5.41) is 0. The van der Waals surface area contributed by atoms with Gasteiger partial charge >= 0.3 is 0 Å². The second-order valence-electron chi connectivity index (χ2n) is 3.95. The van der Waals surface area contributed by atoms with Crippen LogP contribution in [0.4, 0.5) is 4.39 Å². The Morgan fingerprint density at radius 3 is 2.56 bits per heavy atom. The molecule has 1 aliphatic rings. The van der Waals surface area contributed by atoms with E-state index in [9.17, 15) is 14.0 Å². The van der Waals surface area contributed by atoms with E-state index < -0.39 is 17.8 Å². The van der Waals surface area contributed by atoms with Crippen LogP contribution < -0.4 is 10.9 Å². The number of carbonyl (C=O) groups excluding carboxylic acids is 2. The molecule has 18 heavy (non-hydrogen) atoms. The second-order valence-corrected chi connectivity index (χ2v) is 3.95. The molecule has 0 aliphatic carbocycles. The molecule has 2 N–H and O–H groups in total. The lowest BCUT2D eigenvalue weighted by Gasteiger charge is -2.11. The van der Waals surface area contributed by atoms with Crippen molar-refractivity contribution in [2.75, 3.05) is 6.61 Å². The molecule has 0 spiro atoms. The summed E-state index contributed by atoms with van der Waals surface area (Å²) in [6, 6.07) is 5.03. The number of nitrogens with one attached hydrogen (secondary N) is 2. The summed E-state index contributed by atoms with van der Waals surface area (Å²) in [4.78, 5) is 23.1. The maximum atomic E-state index is 12.7. The Bertz CT molecular complexity index is 441. The molecule has 0 saturated carbocycles. The highest BCUT2D eigenvalue weighted by Crippen LogP contribution is 2.11. The van der Waals surface area contributed by atoms with Gasteiger partial charge in [0.25, 0.3) is 11.8 Å². The van der Waals surface area contributed by atoms with Crippen molar-refractivity contribution in [1.29, 1.82) is 0 Å². The molecule has 0 bridgehead atoms. The third-order valence-corrected chi connectivity index (χ3v) is 2.63. The van der Waals surface area contributed by atoms with Gasteiger partial charge in [-0.25, -0.2) is 4.39 Å². The SMILES string of the molecule is O=C(NNC(=O)[C@@H]1CCCO1)c1ccc(F)cc1. The highest BCUT2D eigenvalue weighted by molar-refractivity contribution is 5.95. The number of ether oxygens (including phenoxy) is 1. The van der Waals surface area contributed by atoms with Gasteiger partial charge in [-0.2, -0.15) is 0 Å². The molecule has 2 amide bonds. The van der Waals surface area contributed by atoms with E-state index in [-0.39, 0.29) is 11.5 Å². The number of hydrazine groups is 1. The Morgan fingerprint density at radius 1 is 1.22 bits per heavy atom. The van der Waals surface area contributed by atoms with Crippen molar-refractivity contribution < 1.29 is 18.7 Å². The molecule has 96 valence electrons. The van der Waals surface area contributed by atoms with Crippen LogP contribution in [0.25, 0.3) is 0 Å². The summed E-state index contributed by atoms with van der Waals surface area (Å²) in [5.74, 6) is -1.29. The molecule has 0 aromatic heterocycles. The van der Waals surface area contributed by atoms with Crippen molar-refractivity contribution in [3.8, 4) is 0 Å². The minimum absolute atomic E-state index is 0.268. The number of carbonyl (C=O) groups is 2. The lowest BCUT2D eigenvalue weighted by atomic mass is 10.2. The van der Waals surface area contributed by atoms with Crippen LogP contribution in [0.2, 0.25) is 0 Å². The third kappa shape index (κ3) is 3.04. The summed E-state index contributed by atoms with van der Waals surface area (Å²) >= 11 is 0. The summed E-state index contributed by atoms with van der Waals surface area (Å²) in [5.41, 5.74) is 4.80. The van der Waals surface area contributed by atoms with Crippen molar-refractivity contribution in [2.24, 2.45) is 0 Å². The minimum Gasteiger partial charge on any atom is -0.368 e.